The highest BCUT2D eigenvalue weighted by Gasteiger charge is 2.26. The van der Waals surface area contributed by atoms with Crippen LogP contribution in [0.25, 0.3) is 11.0 Å². The molecule has 2 heterocycles. The summed E-state index contributed by atoms with van der Waals surface area (Å²) in [5.74, 6) is 2.06. The lowest BCUT2D eigenvalue weighted by molar-refractivity contribution is 0.344. The van der Waals surface area contributed by atoms with Gasteiger partial charge in [-0.05, 0) is 50.9 Å². The second-order valence-corrected chi connectivity index (χ2v) is 6.64. The van der Waals surface area contributed by atoms with E-state index in [1.54, 1.807) is 0 Å². The van der Waals surface area contributed by atoms with Crippen LogP contribution in [0.1, 0.15) is 62.7 Å². The van der Waals surface area contributed by atoms with Crippen LogP contribution < -0.4 is 5.32 Å². The lowest BCUT2D eigenvalue weighted by Crippen LogP contribution is -2.30. The Bertz CT molecular complexity index is 604. The first-order valence-electron chi connectivity index (χ1n) is 8.61. The SMILES string of the molecule is c1ccc2c(c1)nc(C1CCCCC1)n2C1CCNCC1. The number of hydrogen-bond donors (Lipinski definition) is 1. The summed E-state index contributed by atoms with van der Waals surface area (Å²) in [7, 11) is 0. The number of aromatic nitrogens is 2. The van der Waals surface area contributed by atoms with Crippen LogP contribution >= 0.6 is 0 Å². The molecule has 0 radical (unpaired) electrons. The number of nitrogens with one attached hydrogen (secondary N) is 1. The van der Waals surface area contributed by atoms with Gasteiger partial charge in [0.05, 0.1) is 11.0 Å². The van der Waals surface area contributed by atoms with E-state index in [0.29, 0.717) is 12.0 Å². The molecule has 1 saturated carbocycles. The molecule has 1 aliphatic carbocycles. The molecule has 2 fully saturated rings. The number of imidazole rings is 1. The van der Waals surface area contributed by atoms with Crippen molar-refractivity contribution < 1.29 is 0 Å². The van der Waals surface area contributed by atoms with Gasteiger partial charge in [-0.3, -0.25) is 0 Å². The number of benzene rings is 1. The number of para-hydroxylation sites is 2. The number of hydrogen-bond acceptors (Lipinski definition) is 2. The highest BCUT2D eigenvalue weighted by Crippen LogP contribution is 2.37. The fourth-order valence-corrected chi connectivity index (χ4v) is 4.16. The summed E-state index contributed by atoms with van der Waals surface area (Å²) in [6.45, 7) is 2.28. The summed E-state index contributed by atoms with van der Waals surface area (Å²) in [5.41, 5.74) is 2.54. The zero-order valence-corrected chi connectivity index (χ0v) is 12.7. The molecule has 0 unspecified atom stereocenters. The lowest BCUT2D eigenvalue weighted by atomic mass is 9.88. The Labute approximate surface area is 126 Å². The van der Waals surface area contributed by atoms with E-state index in [1.165, 1.54) is 61.8 Å². The minimum Gasteiger partial charge on any atom is -0.325 e. The van der Waals surface area contributed by atoms with Crippen molar-refractivity contribution in [1.82, 2.24) is 14.9 Å². The summed E-state index contributed by atoms with van der Waals surface area (Å²) < 4.78 is 2.60. The molecule has 1 aliphatic heterocycles. The molecule has 2 aromatic rings. The van der Waals surface area contributed by atoms with Crippen LogP contribution in [0.3, 0.4) is 0 Å². The molecule has 1 saturated heterocycles. The molecule has 0 atom stereocenters. The third-order valence-electron chi connectivity index (χ3n) is 5.27. The average Bonchev–Trinajstić information content (AvgIpc) is 2.96. The molecular weight excluding hydrogens is 258 g/mol. The molecule has 2 aliphatic rings. The quantitative estimate of drug-likeness (QED) is 0.902. The number of nitrogens with zero attached hydrogens (tertiary/aromatic N) is 2. The van der Waals surface area contributed by atoms with Crippen molar-refractivity contribution in [1.29, 1.82) is 0 Å². The minimum atomic E-state index is 0.635. The molecule has 4 rings (SSSR count). The lowest BCUT2D eigenvalue weighted by Gasteiger charge is -2.29. The molecule has 0 amide bonds. The van der Waals surface area contributed by atoms with E-state index < -0.39 is 0 Å². The molecule has 1 N–H and O–H groups in total. The maximum absolute atomic E-state index is 5.05. The second kappa shape index (κ2) is 5.80. The molecule has 3 nitrogen and oxygen atoms in total. The third-order valence-corrected chi connectivity index (χ3v) is 5.27. The average molecular weight is 283 g/mol. The van der Waals surface area contributed by atoms with Crippen molar-refractivity contribution in [3.05, 3.63) is 30.1 Å². The maximum atomic E-state index is 5.05. The maximum Gasteiger partial charge on any atom is 0.113 e. The molecule has 3 heteroatoms. The standard InChI is InChI=1S/C18H25N3/c1-2-6-14(7-3-1)18-20-16-8-4-5-9-17(16)21(18)15-10-12-19-13-11-15/h4-5,8-9,14-15,19H,1-3,6-7,10-13H2. The molecule has 0 bridgehead atoms. The van der Waals surface area contributed by atoms with E-state index in [2.05, 4.69) is 34.1 Å². The predicted octanol–water partition coefficient (Wildman–Crippen LogP) is 4.01. The largest absolute Gasteiger partial charge is 0.325 e. The van der Waals surface area contributed by atoms with Crippen molar-refractivity contribution in [2.75, 3.05) is 13.1 Å². The van der Waals surface area contributed by atoms with E-state index in [0.717, 1.165) is 13.1 Å². The summed E-state index contributed by atoms with van der Waals surface area (Å²) in [5, 5.41) is 3.49. The van der Waals surface area contributed by atoms with Crippen LogP contribution in [0.15, 0.2) is 24.3 Å². The van der Waals surface area contributed by atoms with Crippen LogP contribution in [0, 0.1) is 0 Å². The predicted molar refractivity (Wildman–Crippen MR) is 86.7 cm³/mol. The molecule has 21 heavy (non-hydrogen) atoms. The van der Waals surface area contributed by atoms with E-state index in [1.807, 2.05) is 0 Å². The van der Waals surface area contributed by atoms with Gasteiger partial charge in [0.15, 0.2) is 0 Å². The van der Waals surface area contributed by atoms with Gasteiger partial charge in [0, 0.05) is 12.0 Å². The fourth-order valence-electron chi connectivity index (χ4n) is 4.16. The zero-order valence-electron chi connectivity index (χ0n) is 12.7. The Hall–Kier alpha value is -1.35. The summed E-state index contributed by atoms with van der Waals surface area (Å²) in [6, 6.07) is 9.35. The normalized spacial score (nSPS) is 21.9. The van der Waals surface area contributed by atoms with Gasteiger partial charge in [-0.1, -0.05) is 31.4 Å². The molecule has 1 aromatic heterocycles. The Kier molecular flexibility index (Phi) is 3.68. The van der Waals surface area contributed by atoms with E-state index in [9.17, 15) is 0 Å². The van der Waals surface area contributed by atoms with Crippen molar-refractivity contribution in [3.8, 4) is 0 Å². The van der Waals surface area contributed by atoms with Crippen LogP contribution in [-0.4, -0.2) is 22.6 Å². The zero-order chi connectivity index (χ0) is 14.1. The van der Waals surface area contributed by atoms with Gasteiger partial charge in [-0.25, -0.2) is 4.98 Å². The summed E-state index contributed by atoms with van der Waals surface area (Å²) in [4.78, 5) is 5.05. The van der Waals surface area contributed by atoms with Gasteiger partial charge >= 0.3 is 0 Å². The van der Waals surface area contributed by atoms with Gasteiger partial charge in [-0.2, -0.15) is 0 Å². The molecule has 112 valence electrons. The van der Waals surface area contributed by atoms with Gasteiger partial charge in [0.25, 0.3) is 0 Å². The van der Waals surface area contributed by atoms with E-state index in [-0.39, 0.29) is 0 Å². The molecule has 1 aromatic carbocycles. The second-order valence-electron chi connectivity index (χ2n) is 6.64. The van der Waals surface area contributed by atoms with Crippen molar-refractivity contribution in [2.45, 2.75) is 56.9 Å². The van der Waals surface area contributed by atoms with Crippen LogP contribution in [0.4, 0.5) is 0 Å². The van der Waals surface area contributed by atoms with Crippen LogP contribution in [0.2, 0.25) is 0 Å². The topological polar surface area (TPSA) is 29.9 Å². The minimum absolute atomic E-state index is 0.635. The van der Waals surface area contributed by atoms with Gasteiger partial charge in [0.1, 0.15) is 5.82 Å². The first kappa shape index (κ1) is 13.3. The summed E-state index contributed by atoms with van der Waals surface area (Å²) in [6.07, 6.45) is 9.28. The Balaban J connectivity index is 1.79. The number of rotatable bonds is 2. The van der Waals surface area contributed by atoms with Gasteiger partial charge < -0.3 is 9.88 Å². The van der Waals surface area contributed by atoms with Gasteiger partial charge in [-0.15, -0.1) is 0 Å². The highest BCUT2D eigenvalue weighted by molar-refractivity contribution is 5.76. The molecular formula is C18H25N3. The van der Waals surface area contributed by atoms with Crippen LogP contribution in [-0.2, 0) is 0 Å². The van der Waals surface area contributed by atoms with Crippen LogP contribution in [0.5, 0.6) is 0 Å². The number of fused-ring (bicyclic) bond motifs is 1. The highest BCUT2D eigenvalue weighted by atomic mass is 15.1. The number of piperidine rings is 1. The Morgan fingerprint density at radius 3 is 2.52 bits per heavy atom. The Morgan fingerprint density at radius 2 is 1.71 bits per heavy atom. The first-order valence-corrected chi connectivity index (χ1v) is 8.61. The van der Waals surface area contributed by atoms with E-state index in [4.69, 9.17) is 4.98 Å². The Morgan fingerprint density at radius 1 is 0.952 bits per heavy atom. The fraction of sp³-hybridized carbons (Fsp3) is 0.611. The molecule has 0 spiro atoms. The smallest absolute Gasteiger partial charge is 0.113 e. The first-order chi connectivity index (χ1) is 10.4. The van der Waals surface area contributed by atoms with E-state index >= 15 is 0 Å². The van der Waals surface area contributed by atoms with Crippen molar-refractivity contribution >= 4 is 11.0 Å². The van der Waals surface area contributed by atoms with Crippen molar-refractivity contribution in [3.63, 3.8) is 0 Å². The third kappa shape index (κ3) is 2.48. The van der Waals surface area contributed by atoms with Gasteiger partial charge in [0.2, 0.25) is 0 Å². The monoisotopic (exact) mass is 283 g/mol. The van der Waals surface area contributed by atoms with Crippen molar-refractivity contribution in [2.24, 2.45) is 0 Å². The summed E-state index contributed by atoms with van der Waals surface area (Å²) >= 11 is 0.